The van der Waals surface area contributed by atoms with Gasteiger partial charge in [-0.05, 0) is 44.9 Å². The highest BCUT2D eigenvalue weighted by Crippen LogP contribution is 2.23. The number of rotatable bonds is 2. The first-order valence-corrected chi connectivity index (χ1v) is 4.44. The van der Waals surface area contributed by atoms with Gasteiger partial charge < -0.3 is 4.74 Å². The standard InChI is InChI=1S/C11H15FO/c1-7(2)13-10-6-8(3)5-9(4)11(10)12/h5-7H,1-4H3. The van der Waals surface area contributed by atoms with Crippen LogP contribution in [0.25, 0.3) is 0 Å². The van der Waals surface area contributed by atoms with Gasteiger partial charge in [-0.3, -0.25) is 0 Å². The van der Waals surface area contributed by atoms with Crippen LogP contribution < -0.4 is 4.74 Å². The highest BCUT2D eigenvalue weighted by atomic mass is 19.1. The predicted octanol–water partition coefficient (Wildman–Crippen LogP) is 3.23. The highest BCUT2D eigenvalue weighted by Gasteiger charge is 2.08. The van der Waals surface area contributed by atoms with Crippen LogP contribution in [-0.2, 0) is 0 Å². The zero-order valence-corrected chi connectivity index (χ0v) is 8.52. The smallest absolute Gasteiger partial charge is 0.167 e. The maximum atomic E-state index is 13.4. The summed E-state index contributed by atoms with van der Waals surface area (Å²) in [7, 11) is 0. The molecule has 0 saturated heterocycles. The van der Waals surface area contributed by atoms with E-state index in [0.717, 1.165) is 5.56 Å². The summed E-state index contributed by atoms with van der Waals surface area (Å²) in [6.07, 6.45) is 0.00991. The molecule has 0 heterocycles. The molecule has 0 aliphatic carbocycles. The minimum atomic E-state index is -0.251. The first-order chi connectivity index (χ1) is 6.00. The molecule has 2 heteroatoms. The van der Waals surface area contributed by atoms with Crippen LogP contribution in [0.15, 0.2) is 12.1 Å². The largest absolute Gasteiger partial charge is 0.488 e. The van der Waals surface area contributed by atoms with Gasteiger partial charge in [0.1, 0.15) is 0 Å². The third kappa shape index (κ3) is 2.44. The van der Waals surface area contributed by atoms with E-state index in [1.807, 2.05) is 26.8 Å². The zero-order valence-electron chi connectivity index (χ0n) is 8.52. The Labute approximate surface area is 78.5 Å². The van der Waals surface area contributed by atoms with Crippen molar-refractivity contribution < 1.29 is 9.13 Å². The fourth-order valence-corrected chi connectivity index (χ4v) is 1.25. The zero-order chi connectivity index (χ0) is 10.0. The summed E-state index contributed by atoms with van der Waals surface area (Å²) >= 11 is 0. The molecule has 0 aliphatic heterocycles. The van der Waals surface area contributed by atoms with Crippen molar-refractivity contribution in [3.8, 4) is 5.75 Å². The Hall–Kier alpha value is -1.05. The summed E-state index contributed by atoms with van der Waals surface area (Å²) in [4.78, 5) is 0. The monoisotopic (exact) mass is 182 g/mol. The Balaban J connectivity index is 3.05. The van der Waals surface area contributed by atoms with Crippen LogP contribution in [0.4, 0.5) is 4.39 Å². The van der Waals surface area contributed by atoms with Gasteiger partial charge in [0.05, 0.1) is 6.10 Å². The van der Waals surface area contributed by atoms with E-state index in [0.29, 0.717) is 11.3 Å². The van der Waals surface area contributed by atoms with Crippen molar-refractivity contribution in [2.24, 2.45) is 0 Å². The summed E-state index contributed by atoms with van der Waals surface area (Å²) in [6.45, 7) is 7.45. The van der Waals surface area contributed by atoms with Crippen molar-refractivity contribution in [2.75, 3.05) is 0 Å². The Morgan fingerprint density at radius 1 is 1.23 bits per heavy atom. The molecular weight excluding hydrogens is 167 g/mol. The molecule has 0 unspecified atom stereocenters. The van der Waals surface area contributed by atoms with E-state index < -0.39 is 0 Å². The summed E-state index contributed by atoms with van der Waals surface area (Å²) in [6, 6.07) is 3.53. The fourth-order valence-electron chi connectivity index (χ4n) is 1.25. The predicted molar refractivity (Wildman–Crippen MR) is 51.6 cm³/mol. The first-order valence-electron chi connectivity index (χ1n) is 4.44. The average Bonchev–Trinajstić information content (AvgIpc) is 1.98. The average molecular weight is 182 g/mol. The topological polar surface area (TPSA) is 9.23 Å². The van der Waals surface area contributed by atoms with Crippen LogP contribution in [0, 0.1) is 19.7 Å². The molecule has 0 spiro atoms. The lowest BCUT2D eigenvalue weighted by molar-refractivity contribution is 0.230. The van der Waals surface area contributed by atoms with Crippen molar-refractivity contribution >= 4 is 0 Å². The Kier molecular flexibility index (Phi) is 2.91. The molecule has 0 N–H and O–H groups in total. The molecule has 0 radical (unpaired) electrons. The van der Waals surface area contributed by atoms with Crippen molar-refractivity contribution in [3.63, 3.8) is 0 Å². The van der Waals surface area contributed by atoms with E-state index in [4.69, 9.17) is 4.74 Å². The maximum absolute atomic E-state index is 13.4. The van der Waals surface area contributed by atoms with Gasteiger partial charge in [0.15, 0.2) is 11.6 Å². The second-order valence-corrected chi connectivity index (χ2v) is 3.56. The molecule has 72 valence electrons. The van der Waals surface area contributed by atoms with Gasteiger partial charge in [-0.25, -0.2) is 4.39 Å². The number of hydrogen-bond acceptors (Lipinski definition) is 1. The maximum Gasteiger partial charge on any atom is 0.167 e. The second-order valence-electron chi connectivity index (χ2n) is 3.56. The number of hydrogen-bond donors (Lipinski definition) is 0. The lowest BCUT2D eigenvalue weighted by atomic mass is 10.1. The SMILES string of the molecule is Cc1cc(C)c(F)c(OC(C)C)c1. The Morgan fingerprint density at radius 2 is 1.85 bits per heavy atom. The molecule has 0 aromatic heterocycles. The van der Waals surface area contributed by atoms with E-state index in [1.165, 1.54) is 0 Å². The molecule has 1 rings (SSSR count). The van der Waals surface area contributed by atoms with Gasteiger partial charge >= 0.3 is 0 Å². The number of halogens is 1. The molecule has 13 heavy (non-hydrogen) atoms. The molecule has 1 nitrogen and oxygen atoms in total. The Morgan fingerprint density at radius 3 is 2.38 bits per heavy atom. The van der Waals surface area contributed by atoms with E-state index in [-0.39, 0.29) is 11.9 Å². The summed E-state index contributed by atoms with van der Waals surface area (Å²) in [5.74, 6) is 0.104. The first kappa shape index (κ1) is 10.0. The number of benzene rings is 1. The summed E-state index contributed by atoms with van der Waals surface area (Å²) in [5, 5.41) is 0. The second kappa shape index (κ2) is 3.77. The molecular formula is C11H15FO. The van der Waals surface area contributed by atoms with Gasteiger partial charge in [-0.2, -0.15) is 0 Å². The minimum absolute atomic E-state index is 0.00991. The van der Waals surface area contributed by atoms with E-state index >= 15 is 0 Å². The highest BCUT2D eigenvalue weighted by molar-refractivity contribution is 5.35. The number of ether oxygens (including phenoxy) is 1. The minimum Gasteiger partial charge on any atom is -0.488 e. The van der Waals surface area contributed by atoms with E-state index in [1.54, 1.807) is 13.0 Å². The molecule has 1 aromatic carbocycles. The molecule has 0 bridgehead atoms. The third-order valence-electron chi connectivity index (χ3n) is 1.73. The van der Waals surface area contributed by atoms with Crippen molar-refractivity contribution in [1.82, 2.24) is 0 Å². The molecule has 0 amide bonds. The summed E-state index contributed by atoms with van der Waals surface area (Å²) in [5.41, 5.74) is 1.66. The van der Waals surface area contributed by atoms with Crippen molar-refractivity contribution in [2.45, 2.75) is 33.8 Å². The van der Waals surface area contributed by atoms with Crippen LogP contribution in [0.3, 0.4) is 0 Å². The van der Waals surface area contributed by atoms with Crippen LogP contribution in [0.1, 0.15) is 25.0 Å². The molecule has 1 aromatic rings. The van der Waals surface area contributed by atoms with E-state index in [2.05, 4.69) is 0 Å². The fraction of sp³-hybridized carbons (Fsp3) is 0.455. The number of aryl methyl sites for hydroxylation is 2. The molecule has 0 fully saturated rings. The molecule has 0 saturated carbocycles. The van der Waals surface area contributed by atoms with Crippen molar-refractivity contribution in [1.29, 1.82) is 0 Å². The normalized spacial score (nSPS) is 10.6. The van der Waals surface area contributed by atoms with Crippen LogP contribution >= 0.6 is 0 Å². The van der Waals surface area contributed by atoms with Gasteiger partial charge in [-0.1, -0.05) is 6.07 Å². The summed E-state index contributed by atoms with van der Waals surface area (Å²) < 4.78 is 18.7. The molecule has 0 atom stereocenters. The van der Waals surface area contributed by atoms with Crippen LogP contribution in [0.5, 0.6) is 5.75 Å². The lowest BCUT2D eigenvalue weighted by Crippen LogP contribution is -2.07. The van der Waals surface area contributed by atoms with Crippen LogP contribution in [0.2, 0.25) is 0 Å². The Bertz CT molecular complexity index is 305. The van der Waals surface area contributed by atoms with Gasteiger partial charge in [-0.15, -0.1) is 0 Å². The van der Waals surface area contributed by atoms with Gasteiger partial charge in [0.25, 0.3) is 0 Å². The van der Waals surface area contributed by atoms with Gasteiger partial charge in [0, 0.05) is 0 Å². The lowest BCUT2D eigenvalue weighted by Gasteiger charge is -2.12. The quantitative estimate of drug-likeness (QED) is 0.682. The van der Waals surface area contributed by atoms with Crippen LogP contribution in [-0.4, -0.2) is 6.10 Å². The molecule has 0 aliphatic rings. The van der Waals surface area contributed by atoms with E-state index in [9.17, 15) is 4.39 Å². The third-order valence-corrected chi connectivity index (χ3v) is 1.73. The van der Waals surface area contributed by atoms with Gasteiger partial charge in [0.2, 0.25) is 0 Å². The van der Waals surface area contributed by atoms with Crippen molar-refractivity contribution in [3.05, 3.63) is 29.1 Å².